The van der Waals surface area contributed by atoms with Crippen molar-refractivity contribution in [1.29, 1.82) is 0 Å². The number of carboxylic acids is 1. The molecule has 1 heterocycles. The minimum absolute atomic E-state index is 0.0105. The fraction of sp³-hybridized carbons (Fsp3) is 0.214. The van der Waals surface area contributed by atoms with Gasteiger partial charge in [-0.15, -0.1) is 0 Å². The molecule has 5 nitrogen and oxygen atoms in total. The summed E-state index contributed by atoms with van der Waals surface area (Å²) in [6.07, 6.45) is 1.26. The SMILES string of the molecule is COCc1ccc(-c2cc(C(=O)O)ncn2)cc1C. The van der Waals surface area contributed by atoms with Gasteiger partial charge in [0.15, 0.2) is 5.69 Å². The lowest BCUT2D eigenvalue weighted by molar-refractivity contribution is 0.0690. The molecule has 0 atom stereocenters. The van der Waals surface area contributed by atoms with Crippen LogP contribution in [-0.2, 0) is 11.3 Å². The van der Waals surface area contributed by atoms with Crippen LogP contribution in [0.3, 0.4) is 0 Å². The van der Waals surface area contributed by atoms with Crippen molar-refractivity contribution < 1.29 is 14.6 Å². The zero-order chi connectivity index (χ0) is 13.8. The largest absolute Gasteiger partial charge is 0.477 e. The number of methoxy groups -OCH3 is 1. The molecule has 0 aliphatic heterocycles. The number of ether oxygens (including phenoxy) is 1. The molecule has 0 fully saturated rings. The van der Waals surface area contributed by atoms with Crippen molar-refractivity contribution >= 4 is 5.97 Å². The zero-order valence-corrected chi connectivity index (χ0v) is 10.8. The molecule has 0 spiro atoms. The van der Waals surface area contributed by atoms with Gasteiger partial charge in [-0.1, -0.05) is 12.1 Å². The van der Waals surface area contributed by atoms with Gasteiger partial charge in [-0.2, -0.15) is 0 Å². The first-order chi connectivity index (χ1) is 9.11. The van der Waals surface area contributed by atoms with E-state index in [1.165, 1.54) is 12.4 Å². The maximum Gasteiger partial charge on any atom is 0.354 e. The van der Waals surface area contributed by atoms with E-state index in [1.807, 2.05) is 25.1 Å². The molecule has 0 unspecified atom stereocenters. The van der Waals surface area contributed by atoms with E-state index in [1.54, 1.807) is 7.11 Å². The summed E-state index contributed by atoms with van der Waals surface area (Å²) in [6, 6.07) is 7.28. The number of benzene rings is 1. The first kappa shape index (κ1) is 13.2. The number of hydrogen-bond donors (Lipinski definition) is 1. The fourth-order valence-corrected chi connectivity index (χ4v) is 1.80. The summed E-state index contributed by atoms with van der Waals surface area (Å²) in [4.78, 5) is 18.7. The molecule has 0 saturated carbocycles. The summed E-state index contributed by atoms with van der Waals surface area (Å²) in [5.41, 5.74) is 3.62. The van der Waals surface area contributed by atoms with Crippen molar-refractivity contribution in [1.82, 2.24) is 9.97 Å². The van der Waals surface area contributed by atoms with E-state index < -0.39 is 5.97 Å². The predicted octanol–water partition coefficient (Wildman–Crippen LogP) is 2.30. The van der Waals surface area contributed by atoms with Gasteiger partial charge in [0.1, 0.15) is 6.33 Å². The highest BCUT2D eigenvalue weighted by molar-refractivity contribution is 5.86. The summed E-state index contributed by atoms with van der Waals surface area (Å²) < 4.78 is 5.10. The molecule has 1 N–H and O–H groups in total. The molecule has 0 bridgehead atoms. The maximum absolute atomic E-state index is 10.9. The molecule has 19 heavy (non-hydrogen) atoms. The quantitative estimate of drug-likeness (QED) is 0.910. The molecule has 0 amide bonds. The molecule has 1 aromatic heterocycles. The minimum Gasteiger partial charge on any atom is -0.477 e. The van der Waals surface area contributed by atoms with Crippen LogP contribution in [0.4, 0.5) is 0 Å². The Morgan fingerprint density at radius 3 is 2.74 bits per heavy atom. The Morgan fingerprint density at radius 1 is 1.32 bits per heavy atom. The zero-order valence-electron chi connectivity index (χ0n) is 10.8. The van der Waals surface area contributed by atoms with Gasteiger partial charge in [0.05, 0.1) is 12.3 Å². The lowest BCUT2D eigenvalue weighted by Crippen LogP contribution is -2.01. The third kappa shape index (κ3) is 2.95. The van der Waals surface area contributed by atoms with E-state index in [2.05, 4.69) is 9.97 Å². The topological polar surface area (TPSA) is 72.3 Å². The molecule has 2 rings (SSSR count). The smallest absolute Gasteiger partial charge is 0.354 e. The normalized spacial score (nSPS) is 10.4. The molecule has 0 saturated heterocycles. The molecule has 5 heteroatoms. The monoisotopic (exact) mass is 258 g/mol. The van der Waals surface area contributed by atoms with Crippen molar-refractivity contribution in [2.24, 2.45) is 0 Å². The third-order valence-electron chi connectivity index (χ3n) is 2.82. The molecule has 0 radical (unpaired) electrons. The second kappa shape index (κ2) is 5.58. The molecule has 2 aromatic rings. The van der Waals surface area contributed by atoms with Gasteiger partial charge in [-0.25, -0.2) is 14.8 Å². The van der Waals surface area contributed by atoms with E-state index in [4.69, 9.17) is 9.84 Å². The van der Waals surface area contributed by atoms with Gasteiger partial charge in [-0.05, 0) is 30.2 Å². The van der Waals surface area contributed by atoms with E-state index in [-0.39, 0.29) is 5.69 Å². The summed E-state index contributed by atoms with van der Waals surface area (Å²) in [5.74, 6) is -1.06. The van der Waals surface area contributed by atoms with Gasteiger partial charge < -0.3 is 9.84 Å². The Kier molecular flexibility index (Phi) is 3.87. The van der Waals surface area contributed by atoms with Gasteiger partial charge >= 0.3 is 5.97 Å². The molecule has 0 aliphatic carbocycles. The minimum atomic E-state index is -1.06. The summed E-state index contributed by atoms with van der Waals surface area (Å²) in [6.45, 7) is 2.54. The summed E-state index contributed by atoms with van der Waals surface area (Å²) in [5, 5.41) is 8.92. The summed E-state index contributed by atoms with van der Waals surface area (Å²) in [7, 11) is 1.65. The number of carbonyl (C=O) groups is 1. The van der Waals surface area contributed by atoms with Crippen LogP contribution in [-0.4, -0.2) is 28.2 Å². The van der Waals surface area contributed by atoms with Crippen LogP contribution in [0.25, 0.3) is 11.3 Å². The van der Waals surface area contributed by atoms with Gasteiger partial charge in [0.2, 0.25) is 0 Å². The average molecular weight is 258 g/mol. The number of aromatic nitrogens is 2. The van der Waals surface area contributed by atoms with Crippen LogP contribution in [0.2, 0.25) is 0 Å². The molecule has 1 aromatic carbocycles. The third-order valence-corrected chi connectivity index (χ3v) is 2.82. The van der Waals surface area contributed by atoms with Crippen LogP contribution in [0.1, 0.15) is 21.6 Å². The standard InChI is InChI=1S/C14H14N2O3/c1-9-5-10(3-4-11(9)7-19-2)12-6-13(14(17)18)16-8-15-12/h3-6,8H,7H2,1-2H3,(H,17,18). The lowest BCUT2D eigenvalue weighted by Gasteiger charge is -2.07. The van der Waals surface area contributed by atoms with Crippen LogP contribution in [0.15, 0.2) is 30.6 Å². The van der Waals surface area contributed by atoms with Crippen molar-refractivity contribution in [3.63, 3.8) is 0 Å². The number of nitrogens with zero attached hydrogens (tertiary/aromatic N) is 2. The number of aryl methyl sites for hydroxylation is 1. The van der Waals surface area contributed by atoms with Crippen LogP contribution in [0.5, 0.6) is 0 Å². The Bertz CT molecular complexity index is 611. The number of aromatic carboxylic acids is 1. The van der Waals surface area contributed by atoms with E-state index >= 15 is 0 Å². The highest BCUT2D eigenvalue weighted by Crippen LogP contribution is 2.21. The highest BCUT2D eigenvalue weighted by Gasteiger charge is 2.08. The van der Waals surface area contributed by atoms with E-state index in [0.717, 1.165) is 16.7 Å². The molecular weight excluding hydrogens is 244 g/mol. The van der Waals surface area contributed by atoms with Crippen molar-refractivity contribution in [3.8, 4) is 11.3 Å². The second-order valence-electron chi connectivity index (χ2n) is 4.17. The van der Waals surface area contributed by atoms with E-state index in [0.29, 0.717) is 12.3 Å². The number of carboxylic acid groups (broad SMARTS) is 1. The molecule has 98 valence electrons. The van der Waals surface area contributed by atoms with Gasteiger partial charge in [0.25, 0.3) is 0 Å². The highest BCUT2D eigenvalue weighted by atomic mass is 16.5. The Morgan fingerprint density at radius 2 is 2.11 bits per heavy atom. The van der Waals surface area contributed by atoms with Crippen molar-refractivity contribution in [2.75, 3.05) is 7.11 Å². The van der Waals surface area contributed by atoms with Crippen molar-refractivity contribution in [2.45, 2.75) is 13.5 Å². The Balaban J connectivity index is 2.39. The first-order valence-electron chi connectivity index (χ1n) is 5.76. The van der Waals surface area contributed by atoms with Crippen LogP contribution >= 0.6 is 0 Å². The number of rotatable bonds is 4. The van der Waals surface area contributed by atoms with Gasteiger partial charge in [-0.3, -0.25) is 0 Å². The molecular formula is C14H14N2O3. The fourth-order valence-electron chi connectivity index (χ4n) is 1.80. The first-order valence-corrected chi connectivity index (χ1v) is 5.76. The Hall–Kier alpha value is -2.27. The lowest BCUT2D eigenvalue weighted by atomic mass is 10.0. The Labute approximate surface area is 110 Å². The number of hydrogen-bond acceptors (Lipinski definition) is 4. The van der Waals surface area contributed by atoms with E-state index in [9.17, 15) is 4.79 Å². The summed E-state index contributed by atoms with van der Waals surface area (Å²) >= 11 is 0. The average Bonchev–Trinajstić information content (AvgIpc) is 2.41. The van der Waals surface area contributed by atoms with Crippen LogP contribution < -0.4 is 0 Å². The molecule has 0 aliphatic rings. The predicted molar refractivity (Wildman–Crippen MR) is 69.9 cm³/mol. The second-order valence-corrected chi connectivity index (χ2v) is 4.17. The maximum atomic E-state index is 10.9. The van der Waals surface area contributed by atoms with Crippen LogP contribution in [0, 0.1) is 6.92 Å². The van der Waals surface area contributed by atoms with Crippen molar-refractivity contribution in [3.05, 3.63) is 47.4 Å². The van der Waals surface area contributed by atoms with Gasteiger partial charge in [0, 0.05) is 12.7 Å².